The van der Waals surface area contributed by atoms with E-state index in [4.69, 9.17) is 0 Å². The highest BCUT2D eigenvalue weighted by atomic mass is 16.1. The second-order valence-electron chi connectivity index (χ2n) is 6.30. The van der Waals surface area contributed by atoms with Gasteiger partial charge in [0.05, 0.1) is 22.8 Å². The van der Waals surface area contributed by atoms with Crippen molar-refractivity contribution in [3.63, 3.8) is 0 Å². The summed E-state index contributed by atoms with van der Waals surface area (Å²) in [7, 11) is 0. The number of para-hydroxylation sites is 1. The van der Waals surface area contributed by atoms with Crippen molar-refractivity contribution < 1.29 is 4.79 Å². The summed E-state index contributed by atoms with van der Waals surface area (Å²) < 4.78 is 1.83. The van der Waals surface area contributed by atoms with Gasteiger partial charge in [-0.25, -0.2) is 9.67 Å². The molecule has 0 saturated carbocycles. The molecule has 1 atom stereocenters. The van der Waals surface area contributed by atoms with Gasteiger partial charge in [-0.05, 0) is 38.8 Å². The van der Waals surface area contributed by atoms with Crippen LogP contribution in [0.5, 0.6) is 0 Å². The number of hydrogen-bond acceptors (Lipinski definition) is 4. The fourth-order valence-electron chi connectivity index (χ4n) is 3.00. The van der Waals surface area contributed by atoms with Crippen molar-refractivity contribution in [2.75, 3.05) is 0 Å². The van der Waals surface area contributed by atoms with E-state index in [9.17, 15) is 4.79 Å². The fourth-order valence-corrected chi connectivity index (χ4v) is 3.00. The molecule has 0 fully saturated rings. The molecule has 0 radical (unpaired) electrons. The number of carbonyl (C=O) groups is 1. The van der Waals surface area contributed by atoms with Gasteiger partial charge in [0.2, 0.25) is 0 Å². The van der Waals surface area contributed by atoms with Crippen molar-refractivity contribution >= 4 is 16.8 Å². The maximum Gasteiger partial charge on any atom is 0.253 e. The molecule has 0 bridgehead atoms. The van der Waals surface area contributed by atoms with E-state index >= 15 is 0 Å². The third-order valence-corrected chi connectivity index (χ3v) is 4.30. The third kappa shape index (κ3) is 3.38. The van der Waals surface area contributed by atoms with E-state index < -0.39 is 0 Å². The Kier molecular flexibility index (Phi) is 4.79. The maximum atomic E-state index is 12.8. The minimum Gasteiger partial charge on any atom is -0.342 e. The number of amides is 1. The largest absolute Gasteiger partial charge is 0.342 e. The SMILES string of the molecule is CCCn1ncnc1C(C)NC(=O)c1cc2cccc(C)c2nc1C. The summed E-state index contributed by atoms with van der Waals surface area (Å²) in [4.78, 5) is 21.7. The van der Waals surface area contributed by atoms with E-state index in [0.717, 1.165) is 41.0 Å². The molecule has 25 heavy (non-hydrogen) atoms. The van der Waals surface area contributed by atoms with Crippen LogP contribution in [0.2, 0.25) is 0 Å². The Labute approximate surface area is 147 Å². The number of aryl methyl sites for hydroxylation is 3. The van der Waals surface area contributed by atoms with Gasteiger partial charge in [-0.15, -0.1) is 0 Å². The summed E-state index contributed by atoms with van der Waals surface area (Å²) in [6.07, 6.45) is 2.49. The Morgan fingerprint density at radius 2 is 2.12 bits per heavy atom. The highest BCUT2D eigenvalue weighted by Gasteiger charge is 2.18. The average molecular weight is 337 g/mol. The summed E-state index contributed by atoms with van der Waals surface area (Å²) >= 11 is 0. The average Bonchev–Trinajstić information content (AvgIpc) is 3.04. The number of hydrogen-bond donors (Lipinski definition) is 1. The Balaban J connectivity index is 1.87. The zero-order chi connectivity index (χ0) is 18.0. The van der Waals surface area contributed by atoms with Crippen LogP contribution in [0.3, 0.4) is 0 Å². The van der Waals surface area contributed by atoms with E-state index in [2.05, 4.69) is 27.3 Å². The van der Waals surface area contributed by atoms with Crippen LogP contribution in [0, 0.1) is 13.8 Å². The molecule has 1 aromatic carbocycles. The van der Waals surface area contributed by atoms with Crippen LogP contribution in [-0.2, 0) is 6.54 Å². The summed E-state index contributed by atoms with van der Waals surface area (Å²) in [5, 5.41) is 8.20. The Bertz CT molecular complexity index is 915. The molecule has 3 rings (SSSR count). The van der Waals surface area contributed by atoms with Crippen LogP contribution < -0.4 is 5.32 Å². The van der Waals surface area contributed by atoms with E-state index in [0.29, 0.717) is 5.56 Å². The summed E-state index contributed by atoms with van der Waals surface area (Å²) in [6.45, 7) is 8.68. The quantitative estimate of drug-likeness (QED) is 0.775. The molecule has 6 heteroatoms. The van der Waals surface area contributed by atoms with Gasteiger partial charge >= 0.3 is 0 Å². The van der Waals surface area contributed by atoms with Crippen molar-refractivity contribution in [2.24, 2.45) is 0 Å². The first kappa shape index (κ1) is 17.1. The lowest BCUT2D eigenvalue weighted by atomic mass is 10.1. The molecule has 6 nitrogen and oxygen atoms in total. The number of nitrogens with one attached hydrogen (secondary N) is 1. The number of aromatic nitrogens is 4. The van der Waals surface area contributed by atoms with Gasteiger partial charge in [-0.2, -0.15) is 5.10 Å². The molecule has 2 heterocycles. The van der Waals surface area contributed by atoms with Crippen LogP contribution >= 0.6 is 0 Å². The van der Waals surface area contributed by atoms with E-state index in [-0.39, 0.29) is 11.9 Å². The molecule has 2 aromatic heterocycles. The van der Waals surface area contributed by atoms with Gasteiger partial charge in [0.25, 0.3) is 5.91 Å². The number of nitrogens with zero attached hydrogens (tertiary/aromatic N) is 4. The lowest BCUT2D eigenvalue weighted by Crippen LogP contribution is -2.29. The van der Waals surface area contributed by atoms with Gasteiger partial charge in [0, 0.05) is 11.9 Å². The van der Waals surface area contributed by atoms with Crippen molar-refractivity contribution in [2.45, 2.75) is 46.7 Å². The molecule has 130 valence electrons. The second kappa shape index (κ2) is 7.01. The van der Waals surface area contributed by atoms with Crippen LogP contribution in [-0.4, -0.2) is 25.7 Å². The molecule has 0 aliphatic rings. The van der Waals surface area contributed by atoms with Crippen LogP contribution in [0.25, 0.3) is 10.9 Å². The fraction of sp³-hybridized carbons (Fsp3) is 0.368. The summed E-state index contributed by atoms with van der Waals surface area (Å²) in [6, 6.07) is 7.66. The Morgan fingerprint density at radius 1 is 1.32 bits per heavy atom. The first-order valence-corrected chi connectivity index (χ1v) is 8.56. The predicted molar refractivity (Wildman–Crippen MR) is 97.4 cm³/mol. The first-order chi connectivity index (χ1) is 12.0. The van der Waals surface area contributed by atoms with E-state index in [1.165, 1.54) is 6.33 Å². The minimum absolute atomic E-state index is 0.146. The molecular weight excluding hydrogens is 314 g/mol. The number of fused-ring (bicyclic) bond motifs is 1. The topological polar surface area (TPSA) is 72.7 Å². The highest BCUT2D eigenvalue weighted by molar-refractivity contribution is 5.99. The molecule has 3 aromatic rings. The summed E-state index contributed by atoms with van der Waals surface area (Å²) in [5.41, 5.74) is 3.36. The number of pyridine rings is 1. The lowest BCUT2D eigenvalue weighted by molar-refractivity contribution is 0.0936. The van der Waals surface area contributed by atoms with Gasteiger partial charge in [0.1, 0.15) is 12.2 Å². The zero-order valence-electron chi connectivity index (χ0n) is 15.1. The molecule has 1 N–H and O–H groups in total. The molecule has 1 unspecified atom stereocenters. The van der Waals surface area contributed by atoms with Crippen molar-refractivity contribution in [1.82, 2.24) is 25.1 Å². The minimum atomic E-state index is -0.228. The van der Waals surface area contributed by atoms with Gasteiger partial charge < -0.3 is 5.32 Å². The Hall–Kier alpha value is -2.76. The van der Waals surface area contributed by atoms with E-state index in [1.807, 2.05) is 49.7 Å². The van der Waals surface area contributed by atoms with Crippen molar-refractivity contribution in [3.8, 4) is 0 Å². The number of carbonyl (C=O) groups excluding carboxylic acids is 1. The van der Waals surface area contributed by atoms with E-state index in [1.54, 1.807) is 0 Å². The predicted octanol–water partition coefficient (Wildman–Crippen LogP) is 3.34. The van der Waals surface area contributed by atoms with Crippen LogP contribution in [0.15, 0.2) is 30.6 Å². The molecule has 0 saturated heterocycles. The molecule has 0 aliphatic heterocycles. The smallest absolute Gasteiger partial charge is 0.253 e. The molecule has 0 aliphatic carbocycles. The monoisotopic (exact) mass is 337 g/mol. The van der Waals surface area contributed by atoms with Crippen LogP contribution in [0.1, 0.15) is 53.7 Å². The second-order valence-corrected chi connectivity index (χ2v) is 6.30. The standard InChI is InChI=1S/C19H23N5O/c1-5-9-24-18(20-11-21-24)14(4)23-19(25)16-10-15-8-6-7-12(2)17(15)22-13(16)3/h6-8,10-11,14H,5,9H2,1-4H3,(H,23,25). The van der Waals surface area contributed by atoms with Gasteiger partial charge in [0.15, 0.2) is 0 Å². The van der Waals surface area contributed by atoms with Crippen molar-refractivity contribution in [3.05, 3.63) is 53.2 Å². The lowest BCUT2D eigenvalue weighted by Gasteiger charge is -2.15. The number of rotatable bonds is 5. The van der Waals surface area contributed by atoms with Gasteiger partial charge in [-0.3, -0.25) is 9.78 Å². The molecular formula is C19H23N5O. The van der Waals surface area contributed by atoms with Gasteiger partial charge in [-0.1, -0.05) is 25.1 Å². The third-order valence-electron chi connectivity index (χ3n) is 4.30. The van der Waals surface area contributed by atoms with Crippen LogP contribution in [0.4, 0.5) is 0 Å². The zero-order valence-corrected chi connectivity index (χ0v) is 15.1. The number of benzene rings is 1. The Morgan fingerprint density at radius 3 is 2.88 bits per heavy atom. The highest BCUT2D eigenvalue weighted by Crippen LogP contribution is 2.20. The molecule has 1 amide bonds. The normalized spacial score (nSPS) is 12.3. The first-order valence-electron chi connectivity index (χ1n) is 8.56. The van der Waals surface area contributed by atoms with Crippen molar-refractivity contribution in [1.29, 1.82) is 0 Å². The summed E-state index contributed by atoms with van der Waals surface area (Å²) in [5.74, 6) is 0.615. The molecule has 0 spiro atoms. The maximum absolute atomic E-state index is 12.8.